The summed E-state index contributed by atoms with van der Waals surface area (Å²) in [5.41, 5.74) is 2.28. The number of benzene rings is 2. The first-order chi connectivity index (χ1) is 11.7. The Balaban J connectivity index is 1.47. The summed E-state index contributed by atoms with van der Waals surface area (Å²) >= 11 is 6.14. The summed E-state index contributed by atoms with van der Waals surface area (Å²) in [6, 6.07) is 15.0. The third kappa shape index (κ3) is 2.78. The number of carbonyl (C=O) groups is 1. The quantitative estimate of drug-likeness (QED) is 0.690. The Bertz CT molecular complexity index is 849. The second-order valence-electron chi connectivity index (χ2n) is 6.07. The van der Waals surface area contributed by atoms with Crippen LogP contribution < -0.4 is 0 Å². The minimum atomic E-state index is -0.00313. The van der Waals surface area contributed by atoms with E-state index < -0.39 is 0 Å². The van der Waals surface area contributed by atoms with Gasteiger partial charge < -0.3 is 9.32 Å². The lowest BCUT2D eigenvalue weighted by atomic mass is 9.96. The van der Waals surface area contributed by atoms with Crippen molar-refractivity contribution in [2.24, 2.45) is 0 Å². The van der Waals surface area contributed by atoms with Crippen LogP contribution in [0.25, 0.3) is 11.1 Å². The van der Waals surface area contributed by atoms with Crippen LogP contribution in [-0.2, 0) is 0 Å². The molecule has 0 aliphatic carbocycles. The van der Waals surface area contributed by atoms with Crippen molar-refractivity contribution >= 4 is 28.6 Å². The fourth-order valence-electron chi connectivity index (χ4n) is 3.20. The number of aromatic nitrogens is 1. The smallest absolute Gasteiger partial charge is 0.255 e. The molecule has 1 amide bonds. The number of rotatable bonds is 2. The third-order valence-corrected chi connectivity index (χ3v) is 4.88. The molecule has 1 saturated heterocycles. The van der Waals surface area contributed by atoms with Crippen LogP contribution >= 0.6 is 11.6 Å². The van der Waals surface area contributed by atoms with Crippen molar-refractivity contribution in [2.75, 3.05) is 13.1 Å². The van der Waals surface area contributed by atoms with Crippen LogP contribution in [0.2, 0.25) is 5.02 Å². The lowest BCUT2D eigenvalue weighted by Gasteiger charge is -2.30. The first-order valence-electron chi connectivity index (χ1n) is 8.11. The molecule has 3 aromatic rings. The topological polar surface area (TPSA) is 46.3 Å². The number of hydrogen-bond donors (Lipinski definition) is 0. The zero-order valence-electron chi connectivity index (χ0n) is 13.1. The van der Waals surface area contributed by atoms with Gasteiger partial charge in [0, 0.05) is 19.0 Å². The molecule has 0 bridgehead atoms. The zero-order chi connectivity index (χ0) is 16.5. The number of fused-ring (bicyclic) bond motifs is 1. The van der Waals surface area contributed by atoms with Crippen LogP contribution in [0.5, 0.6) is 0 Å². The maximum Gasteiger partial charge on any atom is 0.255 e. The summed E-state index contributed by atoms with van der Waals surface area (Å²) in [4.78, 5) is 19.1. The van der Waals surface area contributed by atoms with E-state index in [0.717, 1.165) is 29.8 Å². The Morgan fingerprint density at radius 1 is 1.08 bits per heavy atom. The zero-order valence-corrected chi connectivity index (χ0v) is 13.9. The van der Waals surface area contributed by atoms with Crippen LogP contribution in [0.15, 0.2) is 52.9 Å². The Morgan fingerprint density at radius 2 is 1.79 bits per heavy atom. The van der Waals surface area contributed by atoms with Crippen molar-refractivity contribution in [3.05, 3.63) is 65.0 Å². The molecule has 0 spiro atoms. The van der Waals surface area contributed by atoms with Crippen LogP contribution in [0.1, 0.15) is 35.0 Å². The number of likely N-dealkylation sites (tertiary alicyclic amines) is 1. The first kappa shape index (κ1) is 15.2. The van der Waals surface area contributed by atoms with Gasteiger partial charge in [-0.3, -0.25) is 4.79 Å². The molecule has 0 saturated carbocycles. The minimum absolute atomic E-state index is 0.00313. The summed E-state index contributed by atoms with van der Waals surface area (Å²) in [5, 5.41) is 0.503. The number of carbonyl (C=O) groups excluding carboxylic acids is 1. The molecule has 4 rings (SSSR count). The molecule has 5 heteroatoms. The number of halogens is 1. The van der Waals surface area contributed by atoms with E-state index in [4.69, 9.17) is 16.0 Å². The lowest BCUT2D eigenvalue weighted by Crippen LogP contribution is -2.38. The summed E-state index contributed by atoms with van der Waals surface area (Å²) in [6.07, 6.45) is 1.70. The van der Waals surface area contributed by atoms with E-state index in [-0.39, 0.29) is 11.8 Å². The second kappa shape index (κ2) is 6.29. The van der Waals surface area contributed by atoms with Crippen molar-refractivity contribution in [3.63, 3.8) is 0 Å². The second-order valence-corrected chi connectivity index (χ2v) is 6.47. The number of para-hydroxylation sites is 2. The van der Waals surface area contributed by atoms with Gasteiger partial charge in [0.1, 0.15) is 5.52 Å². The summed E-state index contributed by atoms with van der Waals surface area (Å²) in [7, 11) is 0. The van der Waals surface area contributed by atoms with E-state index in [1.807, 2.05) is 41.3 Å². The average Bonchev–Trinajstić information content (AvgIpc) is 3.06. The first-order valence-corrected chi connectivity index (χ1v) is 8.49. The SMILES string of the molecule is O=C(c1ccccc1Cl)N1CCC(c2nc3ccccc3o2)CC1. The molecule has 122 valence electrons. The van der Waals surface area contributed by atoms with E-state index >= 15 is 0 Å². The fourth-order valence-corrected chi connectivity index (χ4v) is 3.42. The number of nitrogens with zero attached hydrogens (tertiary/aromatic N) is 2. The number of oxazole rings is 1. The highest BCUT2D eigenvalue weighted by Crippen LogP contribution is 2.30. The highest BCUT2D eigenvalue weighted by molar-refractivity contribution is 6.33. The molecule has 24 heavy (non-hydrogen) atoms. The molecule has 1 aromatic heterocycles. The van der Waals surface area contributed by atoms with Gasteiger partial charge in [-0.15, -0.1) is 0 Å². The molecule has 1 fully saturated rings. The summed E-state index contributed by atoms with van der Waals surface area (Å²) in [5.74, 6) is 1.03. The summed E-state index contributed by atoms with van der Waals surface area (Å²) < 4.78 is 5.87. The van der Waals surface area contributed by atoms with E-state index in [1.54, 1.807) is 12.1 Å². The molecule has 4 nitrogen and oxygen atoms in total. The van der Waals surface area contributed by atoms with Gasteiger partial charge in [-0.1, -0.05) is 35.9 Å². The number of hydrogen-bond acceptors (Lipinski definition) is 3. The average molecular weight is 341 g/mol. The summed E-state index contributed by atoms with van der Waals surface area (Å²) in [6.45, 7) is 1.38. The number of amides is 1. The van der Waals surface area contributed by atoms with Crippen LogP contribution in [0.3, 0.4) is 0 Å². The largest absolute Gasteiger partial charge is 0.440 e. The van der Waals surface area contributed by atoms with E-state index in [0.29, 0.717) is 23.7 Å². The van der Waals surface area contributed by atoms with Crippen molar-refractivity contribution in [3.8, 4) is 0 Å². The standard InChI is InChI=1S/C19H17ClN2O2/c20-15-6-2-1-5-14(15)19(23)22-11-9-13(10-12-22)18-21-16-7-3-4-8-17(16)24-18/h1-8,13H,9-12H2. The van der Waals surface area contributed by atoms with Crippen molar-refractivity contribution in [1.82, 2.24) is 9.88 Å². The molecule has 1 aliphatic rings. The number of piperidine rings is 1. The van der Waals surface area contributed by atoms with Gasteiger partial charge in [-0.05, 0) is 37.1 Å². The van der Waals surface area contributed by atoms with E-state index in [9.17, 15) is 4.79 Å². The van der Waals surface area contributed by atoms with Gasteiger partial charge in [0.05, 0.1) is 10.6 Å². The Labute approximate surface area is 145 Å². The van der Waals surface area contributed by atoms with Gasteiger partial charge in [-0.2, -0.15) is 0 Å². The Morgan fingerprint density at radius 3 is 2.54 bits per heavy atom. The normalized spacial score (nSPS) is 15.8. The molecule has 0 radical (unpaired) electrons. The Kier molecular flexibility index (Phi) is 3.98. The fraction of sp³-hybridized carbons (Fsp3) is 0.263. The molecule has 0 atom stereocenters. The molecule has 0 N–H and O–H groups in total. The monoisotopic (exact) mass is 340 g/mol. The molecule has 0 unspecified atom stereocenters. The predicted molar refractivity (Wildman–Crippen MR) is 93.3 cm³/mol. The van der Waals surface area contributed by atoms with Gasteiger partial charge in [0.25, 0.3) is 5.91 Å². The Hall–Kier alpha value is -2.33. The van der Waals surface area contributed by atoms with Crippen molar-refractivity contribution in [1.29, 1.82) is 0 Å². The molecular formula is C19H17ClN2O2. The predicted octanol–water partition coefficient (Wildman–Crippen LogP) is 4.50. The highest BCUT2D eigenvalue weighted by Gasteiger charge is 2.28. The van der Waals surface area contributed by atoms with Crippen molar-refractivity contribution in [2.45, 2.75) is 18.8 Å². The van der Waals surface area contributed by atoms with Crippen LogP contribution in [0, 0.1) is 0 Å². The highest BCUT2D eigenvalue weighted by atomic mass is 35.5. The molecule has 2 heterocycles. The van der Waals surface area contributed by atoms with Gasteiger partial charge in [-0.25, -0.2) is 4.98 Å². The third-order valence-electron chi connectivity index (χ3n) is 4.55. The minimum Gasteiger partial charge on any atom is -0.440 e. The van der Waals surface area contributed by atoms with Crippen LogP contribution in [0.4, 0.5) is 0 Å². The molecule has 1 aliphatic heterocycles. The van der Waals surface area contributed by atoms with Gasteiger partial charge in [0.2, 0.25) is 0 Å². The van der Waals surface area contributed by atoms with Gasteiger partial charge in [0.15, 0.2) is 11.5 Å². The van der Waals surface area contributed by atoms with Crippen molar-refractivity contribution < 1.29 is 9.21 Å². The lowest BCUT2D eigenvalue weighted by molar-refractivity contribution is 0.0707. The maximum atomic E-state index is 12.6. The maximum absolute atomic E-state index is 12.6. The van der Waals surface area contributed by atoms with Gasteiger partial charge >= 0.3 is 0 Å². The van der Waals surface area contributed by atoms with Crippen LogP contribution in [-0.4, -0.2) is 28.9 Å². The van der Waals surface area contributed by atoms with E-state index in [2.05, 4.69) is 4.98 Å². The molecular weight excluding hydrogens is 324 g/mol. The van der Waals surface area contributed by atoms with E-state index in [1.165, 1.54) is 0 Å². The molecule has 2 aromatic carbocycles.